The summed E-state index contributed by atoms with van der Waals surface area (Å²) in [6.07, 6.45) is 1.02. The van der Waals surface area contributed by atoms with Crippen LogP contribution in [0.25, 0.3) is 0 Å². The van der Waals surface area contributed by atoms with Crippen LogP contribution < -0.4 is 0 Å². The molecule has 0 N–H and O–H groups in total. The standard InChI is InChI=1S/C10H15FO3/c1-10(2)7(6-12)8(10)9(13)14-5-3-4-11/h6-8H,3-5H2,1-2H3. The van der Waals surface area contributed by atoms with E-state index in [0.717, 1.165) is 6.29 Å². The molecule has 14 heavy (non-hydrogen) atoms. The highest BCUT2D eigenvalue weighted by atomic mass is 19.1. The second-order valence-corrected chi connectivity index (χ2v) is 4.17. The Kier molecular flexibility index (Phi) is 3.24. The molecule has 0 radical (unpaired) electrons. The molecule has 0 aromatic carbocycles. The third-order valence-electron chi connectivity index (χ3n) is 2.83. The number of carbonyl (C=O) groups is 2. The number of rotatable bonds is 5. The lowest BCUT2D eigenvalue weighted by atomic mass is 10.1. The molecule has 0 heterocycles. The Hall–Kier alpha value is -0.930. The molecule has 0 saturated heterocycles. The number of alkyl halides is 1. The molecule has 2 unspecified atom stereocenters. The first-order valence-electron chi connectivity index (χ1n) is 4.73. The van der Waals surface area contributed by atoms with Crippen LogP contribution in [-0.4, -0.2) is 25.5 Å². The average molecular weight is 202 g/mol. The number of halogens is 1. The molecule has 1 aliphatic carbocycles. The molecular weight excluding hydrogens is 187 g/mol. The summed E-state index contributed by atoms with van der Waals surface area (Å²) in [6.45, 7) is 3.33. The zero-order valence-corrected chi connectivity index (χ0v) is 8.46. The number of carbonyl (C=O) groups excluding carboxylic acids is 2. The van der Waals surface area contributed by atoms with E-state index in [0.29, 0.717) is 0 Å². The van der Waals surface area contributed by atoms with E-state index >= 15 is 0 Å². The van der Waals surface area contributed by atoms with Crippen LogP contribution in [0.1, 0.15) is 20.3 Å². The van der Waals surface area contributed by atoms with Crippen LogP contribution in [0, 0.1) is 17.3 Å². The van der Waals surface area contributed by atoms with Gasteiger partial charge in [0.25, 0.3) is 0 Å². The lowest BCUT2D eigenvalue weighted by Gasteiger charge is -2.03. The summed E-state index contributed by atoms with van der Waals surface area (Å²) in [5.74, 6) is -0.944. The Morgan fingerprint density at radius 1 is 1.57 bits per heavy atom. The molecule has 4 heteroatoms. The summed E-state index contributed by atoms with van der Waals surface area (Å²) in [5, 5.41) is 0. The Morgan fingerprint density at radius 3 is 2.64 bits per heavy atom. The second kappa shape index (κ2) is 4.07. The van der Waals surface area contributed by atoms with Gasteiger partial charge in [-0.25, -0.2) is 0 Å². The van der Waals surface area contributed by atoms with Crippen LogP contribution in [0.3, 0.4) is 0 Å². The van der Waals surface area contributed by atoms with Crippen molar-refractivity contribution in [2.75, 3.05) is 13.3 Å². The largest absolute Gasteiger partial charge is 0.465 e. The van der Waals surface area contributed by atoms with Gasteiger partial charge in [-0.05, 0) is 5.41 Å². The Morgan fingerprint density at radius 2 is 2.21 bits per heavy atom. The molecule has 1 aliphatic rings. The van der Waals surface area contributed by atoms with Crippen molar-refractivity contribution in [3.05, 3.63) is 0 Å². The van der Waals surface area contributed by atoms with Crippen LogP contribution in [0.5, 0.6) is 0 Å². The zero-order chi connectivity index (χ0) is 10.8. The number of hydrogen-bond acceptors (Lipinski definition) is 3. The highest BCUT2D eigenvalue weighted by molar-refractivity contribution is 5.84. The van der Waals surface area contributed by atoms with E-state index in [-0.39, 0.29) is 36.2 Å². The SMILES string of the molecule is CC1(C)C(C=O)C1C(=O)OCCCF. The van der Waals surface area contributed by atoms with Gasteiger partial charge in [-0.3, -0.25) is 9.18 Å². The minimum absolute atomic E-state index is 0.105. The van der Waals surface area contributed by atoms with E-state index in [1.165, 1.54) is 0 Å². The van der Waals surface area contributed by atoms with Crippen molar-refractivity contribution in [1.82, 2.24) is 0 Å². The molecule has 2 atom stereocenters. The van der Waals surface area contributed by atoms with E-state index in [1.54, 1.807) is 0 Å². The fraction of sp³-hybridized carbons (Fsp3) is 0.800. The third-order valence-corrected chi connectivity index (χ3v) is 2.83. The molecule has 1 saturated carbocycles. The minimum atomic E-state index is -0.488. The van der Waals surface area contributed by atoms with Gasteiger partial charge >= 0.3 is 5.97 Å². The monoisotopic (exact) mass is 202 g/mol. The normalized spacial score (nSPS) is 28.2. The zero-order valence-electron chi connectivity index (χ0n) is 8.46. The summed E-state index contributed by atoms with van der Waals surface area (Å²) >= 11 is 0. The van der Waals surface area contributed by atoms with Crippen molar-refractivity contribution in [2.24, 2.45) is 17.3 Å². The highest BCUT2D eigenvalue weighted by Crippen LogP contribution is 2.57. The van der Waals surface area contributed by atoms with Gasteiger partial charge in [-0.2, -0.15) is 0 Å². The number of esters is 1. The summed E-state index contributed by atoms with van der Waals surface area (Å²) in [5.41, 5.74) is -0.283. The van der Waals surface area contributed by atoms with Crippen molar-refractivity contribution in [3.63, 3.8) is 0 Å². The molecule has 0 bridgehead atoms. The van der Waals surface area contributed by atoms with Gasteiger partial charge in [0.15, 0.2) is 0 Å². The molecule has 0 amide bonds. The first-order valence-corrected chi connectivity index (χ1v) is 4.73. The van der Waals surface area contributed by atoms with Crippen LogP contribution in [0.15, 0.2) is 0 Å². The first-order chi connectivity index (χ1) is 6.55. The fourth-order valence-electron chi connectivity index (χ4n) is 1.70. The van der Waals surface area contributed by atoms with Crippen molar-refractivity contribution >= 4 is 12.3 Å². The van der Waals surface area contributed by atoms with E-state index in [2.05, 4.69) is 0 Å². The molecule has 0 aromatic rings. The number of hydrogen-bond donors (Lipinski definition) is 0. The Balaban J connectivity index is 2.37. The van der Waals surface area contributed by atoms with Crippen molar-refractivity contribution < 1.29 is 18.7 Å². The molecular formula is C10H15FO3. The molecule has 0 aromatic heterocycles. The third kappa shape index (κ3) is 1.94. The molecule has 1 rings (SSSR count). The van der Waals surface area contributed by atoms with Crippen LogP contribution in [-0.2, 0) is 14.3 Å². The van der Waals surface area contributed by atoms with Gasteiger partial charge in [-0.15, -0.1) is 0 Å². The van der Waals surface area contributed by atoms with E-state index < -0.39 is 6.67 Å². The maximum atomic E-state index is 11.7. The van der Waals surface area contributed by atoms with Crippen molar-refractivity contribution in [2.45, 2.75) is 20.3 Å². The van der Waals surface area contributed by atoms with Gasteiger partial charge in [0.05, 0.1) is 19.2 Å². The number of aldehydes is 1. The molecule has 3 nitrogen and oxygen atoms in total. The maximum Gasteiger partial charge on any atom is 0.310 e. The summed E-state index contributed by atoms with van der Waals surface area (Å²) in [6, 6.07) is 0. The molecule has 80 valence electrons. The predicted molar refractivity (Wildman–Crippen MR) is 48.4 cm³/mol. The highest BCUT2D eigenvalue weighted by Gasteiger charge is 2.62. The van der Waals surface area contributed by atoms with Crippen LogP contribution >= 0.6 is 0 Å². The van der Waals surface area contributed by atoms with Gasteiger partial charge < -0.3 is 9.53 Å². The summed E-state index contributed by atoms with van der Waals surface area (Å²) < 4.78 is 16.5. The quantitative estimate of drug-likeness (QED) is 0.384. The van der Waals surface area contributed by atoms with Gasteiger partial charge in [-0.1, -0.05) is 13.8 Å². The van der Waals surface area contributed by atoms with E-state index in [4.69, 9.17) is 4.74 Å². The Labute approximate surface area is 82.6 Å². The number of ether oxygens (including phenoxy) is 1. The van der Waals surface area contributed by atoms with Gasteiger partial charge in [0.2, 0.25) is 0 Å². The second-order valence-electron chi connectivity index (χ2n) is 4.17. The van der Waals surface area contributed by atoms with Crippen molar-refractivity contribution in [3.8, 4) is 0 Å². The lowest BCUT2D eigenvalue weighted by Crippen LogP contribution is -2.12. The van der Waals surface area contributed by atoms with Crippen LogP contribution in [0.2, 0.25) is 0 Å². The predicted octanol–water partition coefficient (Wildman–Crippen LogP) is 1.36. The minimum Gasteiger partial charge on any atom is -0.465 e. The first kappa shape index (κ1) is 11.1. The molecule has 1 fully saturated rings. The van der Waals surface area contributed by atoms with Crippen molar-refractivity contribution in [1.29, 1.82) is 0 Å². The molecule has 0 spiro atoms. The van der Waals surface area contributed by atoms with Gasteiger partial charge in [0.1, 0.15) is 6.29 Å². The summed E-state index contributed by atoms with van der Waals surface area (Å²) in [4.78, 5) is 21.9. The smallest absolute Gasteiger partial charge is 0.310 e. The van der Waals surface area contributed by atoms with Crippen LogP contribution in [0.4, 0.5) is 4.39 Å². The Bertz CT molecular complexity index is 238. The average Bonchev–Trinajstić information content (AvgIpc) is 2.68. The van der Waals surface area contributed by atoms with Gasteiger partial charge in [0, 0.05) is 12.3 Å². The topological polar surface area (TPSA) is 43.4 Å². The fourth-order valence-corrected chi connectivity index (χ4v) is 1.70. The molecule has 0 aliphatic heterocycles. The van der Waals surface area contributed by atoms with E-state index in [9.17, 15) is 14.0 Å². The van der Waals surface area contributed by atoms with E-state index in [1.807, 2.05) is 13.8 Å². The summed E-state index contributed by atoms with van der Waals surface area (Å²) in [7, 11) is 0. The maximum absolute atomic E-state index is 11.7. The lowest BCUT2D eigenvalue weighted by molar-refractivity contribution is -0.146.